The van der Waals surface area contributed by atoms with Crippen LogP contribution in [0.1, 0.15) is 11.3 Å². The van der Waals surface area contributed by atoms with Crippen molar-refractivity contribution in [3.8, 4) is 11.5 Å². The predicted octanol–water partition coefficient (Wildman–Crippen LogP) is 2.00. The minimum atomic E-state index is -4.45. The second-order valence-corrected chi connectivity index (χ2v) is 3.95. The second kappa shape index (κ2) is 5.41. The van der Waals surface area contributed by atoms with Crippen LogP contribution in [0.3, 0.4) is 0 Å². The monoisotopic (exact) mass is 285 g/mol. The highest BCUT2D eigenvalue weighted by Crippen LogP contribution is 2.29. The number of methoxy groups -OCH3 is 1. The van der Waals surface area contributed by atoms with E-state index >= 15 is 0 Å². The van der Waals surface area contributed by atoms with Crippen molar-refractivity contribution in [1.82, 2.24) is 15.0 Å². The van der Waals surface area contributed by atoms with E-state index in [0.717, 1.165) is 12.1 Å². The summed E-state index contributed by atoms with van der Waals surface area (Å²) < 4.78 is 42.1. The molecule has 0 amide bonds. The van der Waals surface area contributed by atoms with Gasteiger partial charge in [-0.05, 0) is 12.1 Å². The van der Waals surface area contributed by atoms with Gasteiger partial charge in [0.25, 0.3) is 5.56 Å². The number of alkyl halides is 3. The van der Waals surface area contributed by atoms with E-state index in [0.29, 0.717) is 11.9 Å². The van der Waals surface area contributed by atoms with Crippen molar-refractivity contribution in [1.29, 1.82) is 0 Å². The topological polar surface area (TPSA) is 67.9 Å². The summed E-state index contributed by atoms with van der Waals surface area (Å²) in [5.41, 5.74) is -0.776. The summed E-state index contributed by atoms with van der Waals surface area (Å²) in [5.74, 6) is 0.0956. The molecule has 0 unspecified atom stereocenters. The lowest BCUT2D eigenvalue weighted by Gasteiger charge is -2.07. The highest BCUT2D eigenvalue weighted by Gasteiger charge is 2.30. The second-order valence-electron chi connectivity index (χ2n) is 3.95. The number of pyridine rings is 1. The smallest absolute Gasteiger partial charge is 0.378 e. The van der Waals surface area contributed by atoms with Crippen LogP contribution in [0.4, 0.5) is 13.2 Å². The Kier molecular flexibility index (Phi) is 3.84. The highest BCUT2D eigenvalue weighted by atomic mass is 19.4. The molecule has 2 heterocycles. The molecular formula is C12H10F3N3O2. The number of nitrogens with zero attached hydrogens (tertiary/aromatic N) is 2. The van der Waals surface area contributed by atoms with Gasteiger partial charge in [0.05, 0.1) is 17.9 Å². The molecule has 0 saturated carbocycles. The Morgan fingerprint density at radius 1 is 1.35 bits per heavy atom. The Labute approximate surface area is 111 Å². The molecule has 0 spiro atoms. The highest BCUT2D eigenvalue weighted by molar-refractivity contribution is 5.49. The Hall–Kier alpha value is -2.22. The first-order chi connectivity index (χ1) is 9.40. The average molecular weight is 285 g/mol. The maximum atomic E-state index is 12.4. The van der Waals surface area contributed by atoms with Gasteiger partial charge in [0.15, 0.2) is 5.82 Å². The molecule has 0 saturated heterocycles. The summed E-state index contributed by atoms with van der Waals surface area (Å²) >= 11 is 0. The predicted molar refractivity (Wildman–Crippen MR) is 63.8 cm³/mol. The Morgan fingerprint density at radius 3 is 2.65 bits per heavy atom. The maximum absolute atomic E-state index is 12.4. The molecule has 20 heavy (non-hydrogen) atoms. The maximum Gasteiger partial charge on any atom is 0.417 e. The molecule has 2 aromatic rings. The molecule has 0 fully saturated rings. The zero-order chi connectivity index (χ0) is 14.8. The summed E-state index contributed by atoms with van der Waals surface area (Å²) in [6.45, 7) is 0.123. The van der Waals surface area contributed by atoms with Crippen molar-refractivity contribution in [2.45, 2.75) is 12.8 Å². The minimum absolute atomic E-state index is 0.0956. The van der Waals surface area contributed by atoms with Crippen LogP contribution < -0.4 is 5.56 Å². The van der Waals surface area contributed by atoms with Gasteiger partial charge in [0, 0.05) is 19.4 Å². The number of rotatable bonds is 3. The summed E-state index contributed by atoms with van der Waals surface area (Å²) in [7, 11) is 1.44. The number of hydrogen-bond donors (Lipinski definition) is 1. The molecule has 106 valence electrons. The summed E-state index contributed by atoms with van der Waals surface area (Å²) in [6, 6.07) is 3.28. The molecular weight excluding hydrogens is 275 g/mol. The van der Waals surface area contributed by atoms with Crippen LogP contribution in [0.25, 0.3) is 11.5 Å². The van der Waals surface area contributed by atoms with Crippen LogP contribution >= 0.6 is 0 Å². The van der Waals surface area contributed by atoms with Crippen LogP contribution in [-0.4, -0.2) is 22.1 Å². The largest absolute Gasteiger partial charge is 0.417 e. The van der Waals surface area contributed by atoms with Gasteiger partial charge in [-0.15, -0.1) is 0 Å². The molecule has 8 heteroatoms. The van der Waals surface area contributed by atoms with E-state index < -0.39 is 17.3 Å². The zero-order valence-corrected chi connectivity index (χ0v) is 10.4. The van der Waals surface area contributed by atoms with Gasteiger partial charge < -0.3 is 9.72 Å². The van der Waals surface area contributed by atoms with E-state index in [2.05, 4.69) is 15.0 Å². The molecule has 0 atom stereocenters. The van der Waals surface area contributed by atoms with Crippen LogP contribution in [0.5, 0.6) is 0 Å². The number of nitrogens with one attached hydrogen (secondary N) is 1. The lowest BCUT2D eigenvalue weighted by molar-refractivity contribution is -0.137. The number of ether oxygens (including phenoxy) is 1. The molecule has 5 nitrogen and oxygen atoms in total. The SMILES string of the molecule is COCc1cc(=O)[nH]c(-c2ccc(C(F)(F)F)cn2)n1. The van der Waals surface area contributed by atoms with E-state index in [-0.39, 0.29) is 18.1 Å². The molecule has 2 rings (SSSR count). The molecule has 0 radical (unpaired) electrons. The zero-order valence-electron chi connectivity index (χ0n) is 10.4. The lowest BCUT2D eigenvalue weighted by Crippen LogP contribution is -2.12. The molecule has 1 N–H and O–H groups in total. The van der Waals surface area contributed by atoms with Crippen LogP contribution in [0, 0.1) is 0 Å². The molecule has 0 aliphatic carbocycles. The first-order valence-electron chi connectivity index (χ1n) is 5.53. The van der Waals surface area contributed by atoms with Gasteiger partial charge in [-0.2, -0.15) is 13.2 Å². The third kappa shape index (κ3) is 3.21. The normalized spacial score (nSPS) is 11.6. The third-order valence-corrected chi connectivity index (χ3v) is 2.42. The van der Waals surface area contributed by atoms with Gasteiger partial charge in [-0.25, -0.2) is 4.98 Å². The van der Waals surface area contributed by atoms with Crippen molar-refractivity contribution in [3.63, 3.8) is 0 Å². The number of hydrogen-bond acceptors (Lipinski definition) is 4. The van der Waals surface area contributed by atoms with Crippen molar-refractivity contribution in [2.24, 2.45) is 0 Å². The molecule has 0 aromatic carbocycles. The van der Waals surface area contributed by atoms with Crippen LogP contribution in [0.2, 0.25) is 0 Å². The lowest BCUT2D eigenvalue weighted by atomic mass is 10.2. The van der Waals surface area contributed by atoms with Crippen LogP contribution in [0.15, 0.2) is 29.2 Å². The fourth-order valence-electron chi connectivity index (χ4n) is 1.55. The fourth-order valence-corrected chi connectivity index (χ4v) is 1.55. The van der Waals surface area contributed by atoms with E-state index in [1.165, 1.54) is 13.2 Å². The number of aromatic amines is 1. The van der Waals surface area contributed by atoms with Crippen molar-refractivity contribution < 1.29 is 17.9 Å². The molecule has 0 bridgehead atoms. The summed E-state index contributed by atoms with van der Waals surface area (Å²) in [6.07, 6.45) is -3.76. The number of H-pyrrole nitrogens is 1. The van der Waals surface area contributed by atoms with E-state index in [9.17, 15) is 18.0 Å². The van der Waals surface area contributed by atoms with E-state index in [1.54, 1.807) is 0 Å². The van der Waals surface area contributed by atoms with Crippen LogP contribution in [-0.2, 0) is 17.5 Å². The summed E-state index contributed by atoms with van der Waals surface area (Å²) in [5, 5.41) is 0. The number of halogens is 3. The van der Waals surface area contributed by atoms with Gasteiger partial charge in [0.1, 0.15) is 5.69 Å². The molecule has 0 aliphatic rings. The summed E-state index contributed by atoms with van der Waals surface area (Å²) in [4.78, 5) is 21.6. The fraction of sp³-hybridized carbons (Fsp3) is 0.250. The van der Waals surface area contributed by atoms with Crippen molar-refractivity contribution in [3.05, 3.63) is 46.0 Å². The van der Waals surface area contributed by atoms with Crippen molar-refractivity contribution >= 4 is 0 Å². The third-order valence-electron chi connectivity index (χ3n) is 2.42. The van der Waals surface area contributed by atoms with Gasteiger partial charge in [-0.1, -0.05) is 0 Å². The standard InChI is InChI=1S/C12H10F3N3O2/c1-20-6-8-4-10(19)18-11(17-8)9-3-2-7(5-16-9)12(13,14)15/h2-5H,6H2,1H3,(H,17,18,19). The van der Waals surface area contributed by atoms with Crippen molar-refractivity contribution in [2.75, 3.05) is 7.11 Å². The Bertz CT molecular complexity index is 650. The van der Waals surface area contributed by atoms with Gasteiger partial charge >= 0.3 is 6.18 Å². The molecule has 2 aromatic heterocycles. The first-order valence-corrected chi connectivity index (χ1v) is 5.53. The minimum Gasteiger partial charge on any atom is -0.378 e. The molecule has 0 aliphatic heterocycles. The van der Waals surface area contributed by atoms with E-state index in [1.807, 2.05) is 0 Å². The average Bonchev–Trinajstić information content (AvgIpc) is 2.37. The van der Waals surface area contributed by atoms with E-state index in [4.69, 9.17) is 4.74 Å². The quantitative estimate of drug-likeness (QED) is 0.936. The Morgan fingerprint density at radius 2 is 2.10 bits per heavy atom. The first kappa shape index (κ1) is 14.2. The number of aromatic nitrogens is 3. The van der Waals surface area contributed by atoms with Gasteiger partial charge in [0.2, 0.25) is 0 Å². The van der Waals surface area contributed by atoms with Gasteiger partial charge in [-0.3, -0.25) is 9.78 Å². The Balaban J connectivity index is 2.39.